The van der Waals surface area contributed by atoms with Gasteiger partial charge in [-0.1, -0.05) is 48.0 Å². The average molecular weight is 433 g/mol. The van der Waals surface area contributed by atoms with Crippen LogP contribution in [-0.2, 0) is 19.6 Å². The second-order valence-electron chi connectivity index (χ2n) is 7.93. The molecule has 7 nitrogen and oxygen atoms in total. The number of nitrogens with zero attached hydrogens (tertiary/aromatic N) is 3. The number of carbonyl (C=O) groups is 2. The van der Waals surface area contributed by atoms with Crippen LogP contribution in [0.25, 0.3) is 0 Å². The molecule has 1 aliphatic heterocycles. The highest BCUT2D eigenvalue weighted by molar-refractivity contribution is 5.98. The Hall–Kier alpha value is -3.61. The van der Waals surface area contributed by atoms with Crippen LogP contribution in [-0.4, -0.2) is 39.6 Å². The van der Waals surface area contributed by atoms with E-state index in [0.29, 0.717) is 38.5 Å². The summed E-state index contributed by atoms with van der Waals surface area (Å²) in [5.41, 5.74) is 3.87. The van der Waals surface area contributed by atoms with E-state index in [1.54, 1.807) is 10.7 Å². The highest BCUT2D eigenvalue weighted by Gasteiger charge is 2.26. The lowest BCUT2D eigenvalue weighted by atomic mass is 10.1. The first-order valence-electron chi connectivity index (χ1n) is 11.0. The van der Waals surface area contributed by atoms with Gasteiger partial charge in [-0.2, -0.15) is 5.10 Å². The van der Waals surface area contributed by atoms with Crippen LogP contribution in [0.5, 0.6) is 5.75 Å². The predicted octanol–water partition coefficient (Wildman–Crippen LogP) is 3.57. The van der Waals surface area contributed by atoms with Gasteiger partial charge in [0, 0.05) is 37.8 Å². The summed E-state index contributed by atoms with van der Waals surface area (Å²) in [4.78, 5) is 27.7. The van der Waals surface area contributed by atoms with Gasteiger partial charge in [-0.15, -0.1) is 0 Å². The molecule has 7 heteroatoms. The fraction of sp³-hybridized carbons (Fsp3) is 0.320. The van der Waals surface area contributed by atoms with Crippen molar-refractivity contribution in [3.8, 4) is 5.75 Å². The lowest BCUT2D eigenvalue weighted by molar-refractivity contribution is 0.0745. The number of nitrogens with one attached hydrogen (secondary N) is 1. The number of aryl methyl sites for hydroxylation is 2. The predicted molar refractivity (Wildman–Crippen MR) is 122 cm³/mol. The molecule has 0 saturated heterocycles. The summed E-state index contributed by atoms with van der Waals surface area (Å²) in [6.45, 7) is 6.65. The van der Waals surface area contributed by atoms with Gasteiger partial charge in [-0.3, -0.25) is 14.3 Å². The summed E-state index contributed by atoms with van der Waals surface area (Å²) in [6.07, 6.45) is 0.787. The van der Waals surface area contributed by atoms with Crippen LogP contribution in [0.4, 0.5) is 0 Å². The molecule has 0 bridgehead atoms. The van der Waals surface area contributed by atoms with Crippen molar-refractivity contribution in [1.29, 1.82) is 0 Å². The molecule has 2 heterocycles. The molecule has 4 rings (SSSR count). The van der Waals surface area contributed by atoms with Crippen LogP contribution < -0.4 is 10.1 Å². The molecule has 0 unspecified atom stereocenters. The first kappa shape index (κ1) is 21.6. The van der Waals surface area contributed by atoms with Crippen molar-refractivity contribution in [2.75, 3.05) is 13.2 Å². The number of amides is 2. The van der Waals surface area contributed by atoms with Gasteiger partial charge in [0.05, 0.1) is 6.61 Å². The molecule has 0 spiro atoms. The third-order valence-corrected chi connectivity index (χ3v) is 5.52. The topological polar surface area (TPSA) is 76.5 Å². The standard InChI is InChI=1S/C25H28N4O3/c1-3-32-23-8-5-4-7-20(23)16-26-24(30)21-15-22-25(31)28(13-6-14-29(22)27-21)17-19-11-9-18(2)10-12-19/h4-5,7-12,15H,3,6,13-14,16-17H2,1-2H3,(H,26,30). The zero-order chi connectivity index (χ0) is 22.5. The van der Waals surface area contributed by atoms with E-state index < -0.39 is 0 Å². The Labute approximate surface area is 188 Å². The molecule has 0 fully saturated rings. The molecule has 0 atom stereocenters. The fourth-order valence-electron chi connectivity index (χ4n) is 3.82. The molecule has 0 saturated carbocycles. The normalized spacial score (nSPS) is 13.4. The van der Waals surface area contributed by atoms with Crippen molar-refractivity contribution < 1.29 is 14.3 Å². The molecule has 1 aliphatic rings. The monoisotopic (exact) mass is 432 g/mol. The van der Waals surface area contributed by atoms with E-state index in [4.69, 9.17) is 4.74 Å². The second kappa shape index (κ2) is 9.68. The Morgan fingerprint density at radius 2 is 1.91 bits per heavy atom. The quantitative estimate of drug-likeness (QED) is 0.619. The van der Waals surface area contributed by atoms with Gasteiger partial charge in [-0.05, 0) is 31.9 Å². The summed E-state index contributed by atoms with van der Waals surface area (Å²) in [5.74, 6) is 0.337. The van der Waals surface area contributed by atoms with Crippen LogP contribution in [0.3, 0.4) is 0 Å². The average Bonchev–Trinajstić information content (AvgIpc) is 3.17. The lowest BCUT2D eigenvalue weighted by Gasteiger charge is -2.20. The maximum absolute atomic E-state index is 13.2. The minimum Gasteiger partial charge on any atom is -0.494 e. The number of aromatic nitrogens is 2. The summed E-state index contributed by atoms with van der Waals surface area (Å²) in [6, 6.07) is 17.4. The van der Waals surface area contributed by atoms with Crippen molar-refractivity contribution in [3.63, 3.8) is 0 Å². The number of fused-ring (bicyclic) bond motifs is 1. The number of para-hydroxylation sites is 1. The molecular weight excluding hydrogens is 404 g/mol. The van der Waals surface area contributed by atoms with Crippen LogP contribution >= 0.6 is 0 Å². The molecule has 1 N–H and O–H groups in total. The number of hydrogen-bond acceptors (Lipinski definition) is 4. The molecule has 1 aromatic heterocycles. The maximum Gasteiger partial charge on any atom is 0.272 e. The van der Waals surface area contributed by atoms with E-state index in [1.807, 2.05) is 67.3 Å². The SMILES string of the molecule is CCOc1ccccc1CNC(=O)c1cc2n(n1)CCCN(Cc1ccc(C)cc1)C2=O. The maximum atomic E-state index is 13.2. The van der Waals surface area contributed by atoms with Crippen LogP contribution in [0.15, 0.2) is 54.6 Å². The first-order chi connectivity index (χ1) is 15.5. The Morgan fingerprint density at radius 3 is 2.69 bits per heavy atom. The lowest BCUT2D eigenvalue weighted by Crippen LogP contribution is -2.30. The van der Waals surface area contributed by atoms with E-state index in [0.717, 1.165) is 23.3 Å². The zero-order valence-corrected chi connectivity index (χ0v) is 18.5. The smallest absolute Gasteiger partial charge is 0.272 e. The van der Waals surface area contributed by atoms with Gasteiger partial charge in [0.1, 0.15) is 11.4 Å². The molecule has 0 radical (unpaired) electrons. The fourth-order valence-corrected chi connectivity index (χ4v) is 3.82. The van der Waals surface area contributed by atoms with Crippen molar-refractivity contribution in [1.82, 2.24) is 20.0 Å². The van der Waals surface area contributed by atoms with Crippen molar-refractivity contribution >= 4 is 11.8 Å². The highest BCUT2D eigenvalue weighted by atomic mass is 16.5. The third kappa shape index (κ3) is 4.82. The highest BCUT2D eigenvalue weighted by Crippen LogP contribution is 2.19. The molecule has 32 heavy (non-hydrogen) atoms. The number of rotatable bonds is 7. The second-order valence-corrected chi connectivity index (χ2v) is 7.93. The van der Waals surface area contributed by atoms with Crippen LogP contribution in [0.2, 0.25) is 0 Å². The van der Waals surface area contributed by atoms with E-state index >= 15 is 0 Å². The van der Waals surface area contributed by atoms with Crippen molar-refractivity contribution in [2.45, 2.75) is 39.9 Å². The van der Waals surface area contributed by atoms with E-state index in [9.17, 15) is 9.59 Å². The Bertz CT molecular complexity index is 1100. The van der Waals surface area contributed by atoms with Gasteiger partial charge < -0.3 is 15.0 Å². The molecule has 166 valence electrons. The van der Waals surface area contributed by atoms with Gasteiger partial charge >= 0.3 is 0 Å². The number of ether oxygens (including phenoxy) is 1. The number of hydrogen-bond donors (Lipinski definition) is 1. The molecule has 2 aromatic carbocycles. The van der Waals surface area contributed by atoms with Crippen molar-refractivity contribution in [2.24, 2.45) is 0 Å². The van der Waals surface area contributed by atoms with E-state index in [2.05, 4.69) is 10.4 Å². The minimum absolute atomic E-state index is 0.101. The first-order valence-corrected chi connectivity index (χ1v) is 11.0. The number of carbonyl (C=O) groups excluding carboxylic acids is 2. The van der Waals surface area contributed by atoms with E-state index in [-0.39, 0.29) is 17.5 Å². The minimum atomic E-state index is -0.310. The summed E-state index contributed by atoms with van der Waals surface area (Å²) in [5, 5.41) is 7.30. The molecule has 0 aliphatic carbocycles. The van der Waals surface area contributed by atoms with Crippen molar-refractivity contribution in [3.05, 3.63) is 82.7 Å². The zero-order valence-electron chi connectivity index (χ0n) is 18.5. The van der Waals surface area contributed by atoms with Gasteiger partial charge in [0.15, 0.2) is 5.69 Å². The molecular formula is C25H28N4O3. The summed E-state index contributed by atoms with van der Waals surface area (Å²) in [7, 11) is 0. The summed E-state index contributed by atoms with van der Waals surface area (Å²) < 4.78 is 7.27. The Morgan fingerprint density at radius 1 is 1.12 bits per heavy atom. The molecule has 3 aromatic rings. The van der Waals surface area contributed by atoms with Crippen LogP contribution in [0, 0.1) is 6.92 Å². The Kier molecular flexibility index (Phi) is 6.54. The van der Waals surface area contributed by atoms with E-state index in [1.165, 1.54) is 5.56 Å². The number of benzene rings is 2. The van der Waals surface area contributed by atoms with Gasteiger partial charge in [0.25, 0.3) is 11.8 Å². The van der Waals surface area contributed by atoms with Gasteiger partial charge in [0.2, 0.25) is 0 Å². The van der Waals surface area contributed by atoms with Gasteiger partial charge in [-0.25, -0.2) is 0 Å². The summed E-state index contributed by atoms with van der Waals surface area (Å²) >= 11 is 0. The Balaban J connectivity index is 1.46. The van der Waals surface area contributed by atoms with Crippen LogP contribution in [0.1, 0.15) is 51.0 Å². The third-order valence-electron chi connectivity index (χ3n) is 5.52. The largest absolute Gasteiger partial charge is 0.494 e. The molecule has 2 amide bonds.